The Hall–Kier alpha value is -2.47. The summed E-state index contributed by atoms with van der Waals surface area (Å²) in [5.74, 6) is -0.359. The zero-order chi connectivity index (χ0) is 17.4. The lowest BCUT2D eigenvalue weighted by atomic mass is 9.97. The molecule has 5 nitrogen and oxygen atoms in total. The third-order valence-corrected chi connectivity index (χ3v) is 5.73. The summed E-state index contributed by atoms with van der Waals surface area (Å²) in [6.45, 7) is 2.11. The first-order chi connectivity index (χ1) is 12.2. The third kappa shape index (κ3) is 2.76. The smallest absolute Gasteiger partial charge is 0.338 e. The molecular weight excluding hydrogens is 336 g/mol. The van der Waals surface area contributed by atoms with Crippen LogP contribution in [0.25, 0.3) is 15.9 Å². The van der Waals surface area contributed by atoms with Gasteiger partial charge in [0.05, 0.1) is 23.2 Å². The van der Waals surface area contributed by atoms with Crippen molar-refractivity contribution in [3.05, 3.63) is 57.0 Å². The number of thiophene rings is 1. The highest BCUT2D eigenvalue weighted by molar-refractivity contribution is 7.18. The molecule has 1 aliphatic rings. The number of hydrogen-bond donors (Lipinski definition) is 0. The van der Waals surface area contributed by atoms with Gasteiger partial charge in [-0.3, -0.25) is 9.36 Å². The number of benzene rings is 1. The number of fused-ring (bicyclic) bond motifs is 3. The number of ether oxygens (including phenoxy) is 1. The Kier molecular flexibility index (Phi) is 4.13. The van der Waals surface area contributed by atoms with Crippen LogP contribution in [0.4, 0.5) is 0 Å². The van der Waals surface area contributed by atoms with E-state index in [2.05, 4.69) is 4.98 Å². The fourth-order valence-electron chi connectivity index (χ4n) is 3.30. The van der Waals surface area contributed by atoms with Crippen LogP contribution in [0.15, 0.2) is 35.4 Å². The van der Waals surface area contributed by atoms with Gasteiger partial charge in [-0.05, 0) is 62.4 Å². The summed E-state index contributed by atoms with van der Waals surface area (Å²) >= 11 is 1.64. The average molecular weight is 354 g/mol. The summed E-state index contributed by atoms with van der Waals surface area (Å²) < 4.78 is 6.54. The molecule has 0 amide bonds. The second-order valence-corrected chi connectivity index (χ2v) is 7.16. The fourth-order valence-corrected chi connectivity index (χ4v) is 4.52. The molecule has 2 heterocycles. The van der Waals surface area contributed by atoms with E-state index in [1.54, 1.807) is 53.4 Å². The number of hydrogen-bond acceptors (Lipinski definition) is 5. The zero-order valence-electron chi connectivity index (χ0n) is 13.9. The van der Waals surface area contributed by atoms with Crippen molar-refractivity contribution in [2.45, 2.75) is 32.6 Å². The molecule has 1 aliphatic carbocycles. The van der Waals surface area contributed by atoms with Gasteiger partial charge in [-0.15, -0.1) is 11.3 Å². The van der Waals surface area contributed by atoms with Crippen molar-refractivity contribution in [2.75, 3.05) is 6.61 Å². The first-order valence-electron chi connectivity index (χ1n) is 8.48. The van der Waals surface area contributed by atoms with Crippen molar-refractivity contribution in [2.24, 2.45) is 0 Å². The second-order valence-electron chi connectivity index (χ2n) is 6.08. The van der Waals surface area contributed by atoms with Crippen LogP contribution < -0.4 is 5.56 Å². The van der Waals surface area contributed by atoms with Crippen LogP contribution in [0.2, 0.25) is 0 Å². The van der Waals surface area contributed by atoms with E-state index in [4.69, 9.17) is 4.74 Å². The first-order valence-corrected chi connectivity index (χ1v) is 9.30. The highest BCUT2D eigenvalue weighted by Gasteiger charge is 2.20. The van der Waals surface area contributed by atoms with E-state index in [0.29, 0.717) is 17.9 Å². The molecule has 0 radical (unpaired) electrons. The van der Waals surface area contributed by atoms with Gasteiger partial charge in [-0.1, -0.05) is 0 Å². The number of aryl methyl sites for hydroxylation is 2. The van der Waals surface area contributed by atoms with Crippen molar-refractivity contribution in [3.63, 3.8) is 0 Å². The van der Waals surface area contributed by atoms with Gasteiger partial charge in [0, 0.05) is 4.88 Å². The SMILES string of the molecule is CCOC(=O)c1ccc(-n2cnc3sc4c(c3c2=O)CCCC4)cc1. The van der Waals surface area contributed by atoms with E-state index < -0.39 is 0 Å². The molecule has 4 rings (SSSR count). The minimum Gasteiger partial charge on any atom is -0.462 e. The summed E-state index contributed by atoms with van der Waals surface area (Å²) in [7, 11) is 0. The van der Waals surface area contributed by atoms with Gasteiger partial charge in [0.15, 0.2) is 0 Å². The Labute approximate surface area is 148 Å². The van der Waals surface area contributed by atoms with Crippen LogP contribution in [0.1, 0.15) is 40.6 Å². The van der Waals surface area contributed by atoms with Crippen LogP contribution in [0.5, 0.6) is 0 Å². The summed E-state index contributed by atoms with van der Waals surface area (Å²) in [6.07, 6.45) is 5.89. The van der Waals surface area contributed by atoms with E-state index in [1.807, 2.05) is 0 Å². The summed E-state index contributed by atoms with van der Waals surface area (Å²) in [6, 6.07) is 6.85. The number of carbonyl (C=O) groups is 1. The van der Waals surface area contributed by atoms with Gasteiger partial charge >= 0.3 is 5.97 Å². The molecule has 0 saturated carbocycles. The van der Waals surface area contributed by atoms with Crippen LogP contribution in [0.3, 0.4) is 0 Å². The Balaban J connectivity index is 1.78. The maximum absolute atomic E-state index is 13.0. The Morgan fingerprint density at radius 1 is 1.24 bits per heavy atom. The molecule has 1 aromatic carbocycles. The van der Waals surface area contributed by atoms with Crippen molar-refractivity contribution in [1.82, 2.24) is 9.55 Å². The van der Waals surface area contributed by atoms with E-state index in [0.717, 1.165) is 29.5 Å². The van der Waals surface area contributed by atoms with Crippen molar-refractivity contribution in [3.8, 4) is 5.69 Å². The maximum Gasteiger partial charge on any atom is 0.338 e. The van der Waals surface area contributed by atoms with Crippen LogP contribution >= 0.6 is 11.3 Å². The standard InChI is InChI=1S/C19H18N2O3S/c1-2-24-19(23)12-7-9-13(10-8-12)21-11-20-17-16(18(21)22)14-5-3-4-6-15(14)25-17/h7-11H,2-6H2,1H3. The third-order valence-electron chi connectivity index (χ3n) is 4.53. The van der Waals surface area contributed by atoms with Gasteiger partial charge in [-0.25, -0.2) is 9.78 Å². The first kappa shape index (κ1) is 16.0. The zero-order valence-corrected chi connectivity index (χ0v) is 14.8. The molecule has 6 heteroatoms. The van der Waals surface area contributed by atoms with E-state index in [9.17, 15) is 9.59 Å². The molecule has 0 atom stereocenters. The lowest BCUT2D eigenvalue weighted by Gasteiger charge is -2.10. The maximum atomic E-state index is 13.0. The van der Waals surface area contributed by atoms with Gasteiger partial charge in [0.1, 0.15) is 11.2 Å². The summed E-state index contributed by atoms with van der Waals surface area (Å²) in [4.78, 5) is 31.4. The van der Waals surface area contributed by atoms with Crippen LogP contribution in [-0.2, 0) is 17.6 Å². The van der Waals surface area contributed by atoms with Gasteiger partial charge in [0.2, 0.25) is 0 Å². The van der Waals surface area contributed by atoms with E-state index >= 15 is 0 Å². The fraction of sp³-hybridized carbons (Fsp3) is 0.316. The predicted octanol–water partition coefficient (Wildman–Crippen LogP) is 3.50. The largest absolute Gasteiger partial charge is 0.462 e. The van der Waals surface area contributed by atoms with Crippen molar-refractivity contribution >= 4 is 27.5 Å². The quantitative estimate of drug-likeness (QED) is 0.676. The average Bonchev–Trinajstić information content (AvgIpc) is 3.02. The highest BCUT2D eigenvalue weighted by atomic mass is 32.1. The van der Waals surface area contributed by atoms with E-state index in [1.165, 1.54) is 16.9 Å². The lowest BCUT2D eigenvalue weighted by Crippen LogP contribution is -2.19. The molecule has 2 aromatic heterocycles. The topological polar surface area (TPSA) is 61.2 Å². The molecule has 0 N–H and O–H groups in total. The minimum absolute atomic E-state index is 0.0340. The Morgan fingerprint density at radius 3 is 2.76 bits per heavy atom. The minimum atomic E-state index is -0.359. The summed E-state index contributed by atoms with van der Waals surface area (Å²) in [5.41, 5.74) is 2.32. The number of nitrogens with zero attached hydrogens (tertiary/aromatic N) is 2. The molecule has 0 bridgehead atoms. The lowest BCUT2D eigenvalue weighted by molar-refractivity contribution is 0.0526. The molecule has 25 heavy (non-hydrogen) atoms. The van der Waals surface area contributed by atoms with Crippen molar-refractivity contribution < 1.29 is 9.53 Å². The molecule has 0 fully saturated rings. The molecule has 128 valence electrons. The number of carbonyl (C=O) groups excluding carboxylic acids is 1. The van der Waals surface area contributed by atoms with Crippen molar-refractivity contribution in [1.29, 1.82) is 0 Å². The molecule has 0 unspecified atom stereocenters. The molecule has 0 aliphatic heterocycles. The van der Waals surface area contributed by atoms with Crippen LogP contribution in [-0.4, -0.2) is 22.1 Å². The molecule has 0 saturated heterocycles. The van der Waals surface area contributed by atoms with E-state index in [-0.39, 0.29) is 11.5 Å². The number of rotatable bonds is 3. The van der Waals surface area contributed by atoms with Gasteiger partial charge in [-0.2, -0.15) is 0 Å². The molecule has 3 aromatic rings. The van der Waals surface area contributed by atoms with Gasteiger partial charge < -0.3 is 4.74 Å². The van der Waals surface area contributed by atoms with Crippen LogP contribution in [0, 0.1) is 0 Å². The second kappa shape index (κ2) is 6.44. The van der Waals surface area contributed by atoms with Gasteiger partial charge in [0.25, 0.3) is 5.56 Å². The Bertz CT molecular complexity index is 1000. The Morgan fingerprint density at radius 2 is 2.00 bits per heavy atom. The normalized spacial score (nSPS) is 13.6. The monoisotopic (exact) mass is 354 g/mol. The number of aromatic nitrogens is 2. The molecule has 0 spiro atoms. The molecular formula is C19H18N2O3S. The highest BCUT2D eigenvalue weighted by Crippen LogP contribution is 2.33. The predicted molar refractivity (Wildman–Crippen MR) is 97.8 cm³/mol. The summed E-state index contributed by atoms with van der Waals surface area (Å²) in [5, 5.41) is 0.761. The number of esters is 1.